The Labute approximate surface area is 149 Å². The van der Waals surface area contributed by atoms with Gasteiger partial charge in [0.15, 0.2) is 0 Å². The molecule has 0 spiro atoms. The average molecular weight is 357 g/mol. The number of hydrogen-bond donors (Lipinski definition) is 1. The van der Waals surface area contributed by atoms with Gasteiger partial charge in [0.25, 0.3) is 0 Å². The topological polar surface area (TPSA) is 32.3 Å². The van der Waals surface area contributed by atoms with E-state index in [-0.39, 0.29) is 5.91 Å². The molecular weight excluding hydrogens is 331 g/mol. The van der Waals surface area contributed by atoms with E-state index in [2.05, 4.69) is 10.2 Å². The molecule has 1 fully saturated rings. The third-order valence-electron chi connectivity index (χ3n) is 4.30. The van der Waals surface area contributed by atoms with Gasteiger partial charge in [-0.3, -0.25) is 4.79 Å². The first kappa shape index (κ1) is 18.6. The lowest BCUT2D eigenvalue weighted by atomic mass is 10.1. The van der Waals surface area contributed by atoms with Crippen LogP contribution in [0.4, 0.5) is 0 Å². The highest BCUT2D eigenvalue weighted by Crippen LogP contribution is 2.23. The molecule has 23 heavy (non-hydrogen) atoms. The van der Waals surface area contributed by atoms with E-state index < -0.39 is 0 Å². The van der Waals surface area contributed by atoms with E-state index in [1.165, 1.54) is 38.8 Å². The summed E-state index contributed by atoms with van der Waals surface area (Å²) >= 11 is 11.9. The second-order valence-corrected chi connectivity index (χ2v) is 7.02. The summed E-state index contributed by atoms with van der Waals surface area (Å²) in [5.74, 6) is 0.104. The molecule has 1 aromatic rings. The van der Waals surface area contributed by atoms with Gasteiger partial charge in [0.1, 0.15) is 0 Å². The predicted octanol–water partition coefficient (Wildman–Crippen LogP) is 4.31. The first-order valence-electron chi connectivity index (χ1n) is 8.58. The maximum Gasteiger partial charge on any atom is 0.220 e. The van der Waals surface area contributed by atoms with Gasteiger partial charge >= 0.3 is 0 Å². The van der Waals surface area contributed by atoms with Crippen molar-refractivity contribution in [3.05, 3.63) is 33.8 Å². The van der Waals surface area contributed by atoms with Crippen LogP contribution in [0.15, 0.2) is 18.2 Å². The van der Waals surface area contributed by atoms with E-state index in [9.17, 15) is 4.79 Å². The van der Waals surface area contributed by atoms with Crippen molar-refractivity contribution in [3.63, 3.8) is 0 Å². The normalized spacial score (nSPS) is 16.1. The molecule has 1 saturated heterocycles. The number of carbonyl (C=O) groups is 1. The molecule has 0 aliphatic carbocycles. The van der Waals surface area contributed by atoms with Crippen LogP contribution in [0.25, 0.3) is 0 Å². The summed E-state index contributed by atoms with van der Waals surface area (Å²) < 4.78 is 0. The minimum Gasteiger partial charge on any atom is -0.356 e. The highest BCUT2D eigenvalue weighted by atomic mass is 35.5. The van der Waals surface area contributed by atoms with Gasteiger partial charge in [-0.1, -0.05) is 42.1 Å². The van der Waals surface area contributed by atoms with Crippen LogP contribution in [0, 0.1) is 0 Å². The molecule has 1 aliphatic heterocycles. The minimum atomic E-state index is 0.104. The van der Waals surface area contributed by atoms with Crippen molar-refractivity contribution >= 4 is 29.1 Å². The molecule has 1 aliphatic rings. The third-order valence-corrected chi connectivity index (χ3v) is 5.04. The monoisotopic (exact) mass is 356 g/mol. The van der Waals surface area contributed by atoms with E-state index in [0.717, 1.165) is 25.1 Å². The first-order chi connectivity index (χ1) is 11.1. The number of carbonyl (C=O) groups excluding carboxylic acids is 1. The van der Waals surface area contributed by atoms with Crippen LogP contribution >= 0.6 is 23.2 Å². The predicted molar refractivity (Wildman–Crippen MR) is 97.3 cm³/mol. The van der Waals surface area contributed by atoms with Crippen LogP contribution in [-0.4, -0.2) is 37.0 Å². The van der Waals surface area contributed by atoms with Gasteiger partial charge in [-0.05, 0) is 63.0 Å². The largest absolute Gasteiger partial charge is 0.356 e. The number of aryl methyl sites for hydroxylation is 1. The van der Waals surface area contributed by atoms with Crippen LogP contribution < -0.4 is 5.32 Å². The van der Waals surface area contributed by atoms with E-state index in [4.69, 9.17) is 23.2 Å². The summed E-state index contributed by atoms with van der Waals surface area (Å²) in [7, 11) is 0. The molecule has 1 heterocycles. The van der Waals surface area contributed by atoms with Crippen molar-refractivity contribution in [1.82, 2.24) is 10.2 Å². The Morgan fingerprint density at radius 3 is 2.52 bits per heavy atom. The zero-order valence-electron chi connectivity index (χ0n) is 13.6. The van der Waals surface area contributed by atoms with Crippen LogP contribution in [0.2, 0.25) is 10.0 Å². The summed E-state index contributed by atoms with van der Waals surface area (Å²) in [6.07, 6.45) is 7.56. The molecule has 0 saturated carbocycles. The number of hydrogen-bond acceptors (Lipinski definition) is 2. The quantitative estimate of drug-likeness (QED) is 0.738. The van der Waals surface area contributed by atoms with Crippen LogP contribution in [-0.2, 0) is 11.2 Å². The summed E-state index contributed by atoms with van der Waals surface area (Å²) in [6, 6.07) is 5.52. The minimum absolute atomic E-state index is 0.104. The van der Waals surface area contributed by atoms with Gasteiger partial charge in [0.2, 0.25) is 5.91 Å². The second kappa shape index (κ2) is 10.2. The molecule has 0 bridgehead atoms. The second-order valence-electron chi connectivity index (χ2n) is 6.21. The van der Waals surface area contributed by atoms with Crippen molar-refractivity contribution in [1.29, 1.82) is 0 Å². The molecular formula is C18H26Cl2N2O. The summed E-state index contributed by atoms with van der Waals surface area (Å²) in [6.45, 7) is 4.28. The SMILES string of the molecule is O=C(CCc1ccc(Cl)c(Cl)c1)NCCCN1CCCCCC1. The van der Waals surface area contributed by atoms with E-state index >= 15 is 0 Å². The highest BCUT2D eigenvalue weighted by Gasteiger charge is 2.09. The Kier molecular flexibility index (Phi) is 8.21. The van der Waals surface area contributed by atoms with Crippen LogP contribution in [0.3, 0.4) is 0 Å². The molecule has 5 heteroatoms. The fourth-order valence-electron chi connectivity index (χ4n) is 2.93. The van der Waals surface area contributed by atoms with Crippen LogP contribution in [0.1, 0.15) is 44.1 Å². The molecule has 2 rings (SSSR count). The van der Waals surface area contributed by atoms with E-state index in [1.54, 1.807) is 6.07 Å². The van der Waals surface area contributed by atoms with Crippen molar-refractivity contribution in [2.45, 2.75) is 44.9 Å². The molecule has 0 radical (unpaired) electrons. The molecule has 1 N–H and O–H groups in total. The van der Waals surface area contributed by atoms with Gasteiger partial charge in [-0.2, -0.15) is 0 Å². The van der Waals surface area contributed by atoms with E-state index in [1.807, 2.05) is 12.1 Å². The summed E-state index contributed by atoms with van der Waals surface area (Å²) in [5.41, 5.74) is 1.04. The van der Waals surface area contributed by atoms with E-state index in [0.29, 0.717) is 22.9 Å². The van der Waals surface area contributed by atoms with Crippen molar-refractivity contribution in [2.75, 3.05) is 26.2 Å². The Hall–Kier alpha value is -0.770. The lowest BCUT2D eigenvalue weighted by Gasteiger charge is -2.19. The van der Waals surface area contributed by atoms with Gasteiger partial charge < -0.3 is 10.2 Å². The number of nitrogens with one attached hydrogen (secondary N) is 1. The fraction of sp³-hybridized carbons (Fsp3) is 0.611. The Balaban J connectivity index is 1.58. The molecule has 1 aromatic carbocycles. The molecule has 128 valence electrons. The number of amides is 1. The number of rotatable bonds is 7. The molecule has 0 atom stereocenters. The van der Waals surface area contributed by atoms with Gasteiger partial charge in [-0.15, -0.1) is 0 Å². The van der Waals surface area contributed by atoms with Crippen LogP contribution in [0.5, 0.6) is 0 Å². The molecule has 1 amide bonds. The van der Waals surface area contributed by atoms with Crippen molar-refractivity contribution < 1.29 is 4.79 Å². The number of benzene rings is 1. The molecule has 3 nitrogen and oxygen atoms in total. The zero-order valence-corrected chi connectivity index (χ0v) is 15.1. The van der Waals surface area contributed by atoms with Gasteiger partial charge in [0.05, 0.1) is 10.0 Å². The number of likely N-dealkylation sites (tertiary alicyclic amines) is 1. The summed E-state index contributed by atoms with van der Waals surface area (Å²) in [5, 5.41) is 4.10. The molecule has 0 unspecified atom stereocenters. The summed E-state index contributed by atoms with van der Waals surface area (Å²) in [4.78, 5) is 14.4. The Morgan fingerprint density at radius 2 is 1.83 bits per heavy atom. The highest BCUT2D eigenvalue weighted by molar-refractivity contribution is 6.42. The number of halogens is 2. The lowest BCUT2D eigenvalue weighted by molar-refractivity contribution is -0.121. The fourth-order valence-corrected chi connectivity index (χ4v) is 3.25. The zero-order chi connectivity index (χ0) is 16.5. The maximum atomic E-state index is 11.9. The van der Waals surface area contributed by atoms with Crippen molar-refractivity contribution in [3.8, 4) is 0 Å². The van der Waals surface area contributed by atoms with Gasteiger partial charge in [-0.25, -0.2) is 0 Å². The average Bonchev–Trinajstić information content (AvgIpc) is 2.81. The lowest BCUT2D eigenvalue weighted by Crippen LogP contribution is -2.30. The Morgan fingerprint density at radius 1 is 1.09 bits per heavy atom. The maximum absolute atomic E-state index is 11.9. The standard InChI is InChI=1S/C18H26Cl2N2O/c19-16-8-6-15(14-17(16)20)7-9-18(23)21-10-5-13-22-11-3-1-2-4-12-22/h6,8,14H,1-5,7,9-13H2,(H,21,23). The number of nitrogens with zero attached hydrogens (tertiary/aromatic N) is 1. The van der Waals surface area contributed by atoms with Crippen molar-refractivity contribution in [2.24, 2.45) is 0 Å². The van der Waals surface area contributed by atoms with Gasteiger partial charge in [0, 0.05) is 13.0 Å². The first-order valence-corrected chi connectivity index (χ1v) is 9.34. The molecule has 0 aromatic heterocycles. The smallest absolute Gasteiger partial charge is 0.220 e. The third kappa shape index (κ3) is 7.11. The Bertz CT molecular complexity index is 500.